The number of amides is 3. The Bertz CT molecular complexity index is 460. The Balaban J connectivity index is 2.27. The molecule has 98 valence electrons. The minimum absolute atomic E-state index is 0.254. The molecule has 0 unspecified atom stereocenters. The number of nitrogens with zero attached hydrogens (tertiary/aromatic N) is 2. The van der Waals surface area contributed by atoms with Gasteiger partial charge in [-0.2, -0.15) is 4.37 Å². The van der Waals surface area contributed by atoms with Crippen LogP contribution in [0.15, 0.2) is 0 Å². The molecule has 0 bridgehead atoms. The fourth-order valence-electron chi connectivity index (χ4n) is 0.870. The Hall–Kier alpha value is -2.07. The van der Waals surface area contributed by atoms with Crippen molar-refractivity contribution in [2.75, 3.05) is 18.5 Å². The van der Waals surface area contributed by atoms with Crippen LogP contribution in [0.25, 0.3) is 0 Å². The number of carboxylic acid groups (broad SMARTS) is 1. The van der Waals surface area contributed by atoms with Gasteiger partial charge in [-0.3, -0.25) is 15.4 Å². The number of carboxylic acids is 1. The summed E-state index contributed by atoms with van der Waals surface area (Å²) in [6.07, 6.45) is 0. The number of rotatable bonds is 5. The van der Waals surface area contributed by atoms with Crippen LogP contribution in [0, 0.1) is 6.92 Å². The molecule has 1 rings (SSSR count). The summed E-state index contributed by atoms with van der Waals surface area (Å²) >= 11 is 0.973. The molecule has 0 aromatic carbocycles. The molecule has 0 aliphatic heterocycles. The van der Waals surface area contributed by atoms with Gasteiger partial charge in [-0.15, -0.1) is 0 Å². The number of aromatic nitrogens is 2. The Morgan fingerprint density at radius 2 is 2.11 bits per heavy atom. The zero-order valence-corrected chi connectivity index (χ0v) is 10.1. The third-order valence-electron chi connectivity index (χ3n) is 1.46. The number of hydrogen-bond donors (Lipinski definition) is 3. The van der Waals surface area contributed by atoms with Crippen LogP contribution in [0.3, 0.4) is 0 Å². The maximum atomic E-state index is 11.3. The second-order valence-corrected chi connectivity index (χ2v) is 3.79. The molecule has 0 aliphatic rings. The molecule has 0 atom stereocenters. The highest BCUT2D eigenvalue weighted by Gasteiger charge is 2.10. The van der Waals surface area contributed by atoms with E-state index >= 15 is 0 Å². The highest BCUT2D eigenvalue weighted by molar-refractivity contribution is 7.09. The molecule has 0 aliphatic carbocycles. The van der Waals surface area contributed by atoms with Crippen molar-refractivity contribution in [3.05, 3.63) is 5.82 Å². The summed E-state index contributed by atoms with van der Waals surface area (Å²) in [7, 11) is 0. The smallest absolute Gasteiger partial charge is 0.329 e. The van der Waals surface area contributed by atoms with Crippen LogP contribution >= 0.6 is 11.5 Å². The van der Waals surface area contributed by atoms with Gasteiger partial charge in [0.1, 0.15) is 19.0 Å². The molecule has 3 N–H and O–H groups in total. The van der Waals surface area contributed by atoms with Gasteiger partial charge in [-0.1, -0.05) is 0 Å². The van der Waals surface area contributed by atoms with Gasteiger partial charge in [0.25, 0.3) is 5.91 Å². The van der Waals surface area contributed by atoms with Gasteiger partial charge < -0.3 is 9.84 Å². The van der Waals surface area contributed by atoms with Gasteiger partial charge in [0.15, 0.2) is 0 Å². The minimum Gasteiger partial charge on any atom is -0.480 e. The maximum Gasteiger partial charge on any atom is 0.329 e. The van der Waals surface area contributed by atoms with Crippen LogP contribution in [0.2, 0.25) is 0 Å². The largest absolute Gasteiger partial charge is 0.480 e. The third-order valence-corrected chi connectivity index (χ3v) is 2.18. The van der Waals surface area contributed by atoms with Gasteiger partial charge in [0.2, 0.25) is 5.13 Å². The van der Waals surface area contributed by atoms with Gasteiger partial charge in [0, 0.05) is 11.5 Å². The molecule has 18 heavy (non-hydrogen) atoms. The van der Waals surface area contributed by atoms with Crippen molar-refractivity contribution in [3.8, 4) is 0 Å². The first kappa shape index (κ1) is 14.0. The Labute approximate surface area is 105 Å². The lowest BCUT2D eigenvalue weighted by atomic mass is 10.6. The van der Waals surface area contributed by atoms with E-state index in [1.165, 1.54) is 0 Å². The van der Waals surface area contributed by atoms with E-state index < -0.39 is 31.1 Å². The number of anilines is 1. The van der Waals surface area contributed by atoms with E-state index in [1.807, 2.05) is 5.32 Å². The number of imide groups is 1. The summed E-state index contributed by atoms with van der Waals surface area (Å²) < 4.78 is 8.33. The number of carbonyl (C=O) groups is 3. The molecule has 1 aromatic heterocycles. The molecule has 0 saturated heterocycles. The topological polar surface area (TPSA) is 131 Å². The van der Waals surface area contributed by atoms with Gasteiger partial charge >= 0.3 is 12.0 Å². The molecule has 3 amide bonds. The van der Waals surface area contributed by atoms with Crippen LogP contribution in [0.5, 0.6) is 0 Å². The van der Waals surface area contributed by atoms with Gasteiger partial charge in [-0.25, -0.2) is 14.6 Å². The number of carbonyl (C=O) groups excluding carboxylic acids is 2. The van der Waals surface area contributed by atoms with E-state index in [0.717, 1.165) is 11.5 Å². The molecule has 0 saturated carbocycles. The van der Waals surface area contributed by atoms with Crippen molar-refractivity contribution < 1.29 is 24.2 Å². The van der Waals surface area contributed by atoms with Gasteiger partial charge in [-0.05, 0) is 6.92 Å². The van der Waals surface area contributed by atoms with Crippen molar-refractivity contribution in [3.63, 3.8) is 0 Å². The summed E-state index contributed by atoms with van der Waals surface area (Å²) in [5, 5.41) is 12.7. The molecular formula is C8H10N4O5S. The van der Waals surface area contributed by atoms with Gasteiger partial charge in [0.05, 0.1) is 0 Å². The zero-order chi connectivity index (χ0) is 13.5. The van der Waals surface area contributed by atoms with Crippen LogP contribution in [0.1, 0.15) is 5.82 Å². The fraction of sp³-hybridized carbons (Fsp3) is 0.375. The first-order valence-corrected chi connectivity index (χ1v) is 5.45. The molecule has 0 spiro atoms. The summed E-state index contributed by atoms with van der Waals surface area (Å²) in [5.74, 6) is -1.45. The second kappa shape index (κ2) is 6.61. The second-order valence-electron chi connectivity index (χ2n) is 3.04. The average molecular weight is 274 g/mol. The Morgan fingerprint density at radius 1 is 1.39 bits per heavy atom. The normalized spacial score (nSPS) is 9.83. The third kappa shape index (κ3) is 5.32. The summed E-state index contributed by atoms with van der Waals surface area (Å²) in [4.78, 5) is 36.3. The molecule has 0 fully saturated rings. The van der Waals surface area contributed by atoms with Crippen molar-refractivity contribution in [2.24, 2.45) is 0 Å². The predicted molar refractivity (Wildman–Crippen MR) is 60.3 cm³/mol. The van der Waals surface area contributed by atoms with Crippen LogP contribution < -0.4 is 10.6 Å². The van der Waals surface area contributed by atoms with E-state index in [9.17, 15) is 14.4 Å². The zero-order valence-electron chi connectivity index (χ0n) is 9.30. The van der Waals surface area contributed by atoms with E-state index in [4.69, 9.17) is 5.11 Å². The molecule has 9 nitrogen and oxygen atoms in total. The number of aliphatic carboxylic acids is 1. The van der Waals surface area contributed by atoms with E-state index in [2.05, 4.69) is 19.4 Å². The first-order chi connectivity index (χ1) is 8.47. The van der Waals surface area contributed by atoms with Crippen molar-refractivity contribution >= 4 is 34.6 Å². The summed E-state index contributed by atoms with van der Waals surface area (Å²) in [6.45, 7) is 0.532. The molecule has 1 aromatic rings. The van der Waals surface area contributed by atoms with Crippen molar-refractivity contribution in [1.29, 1.82) is 0 Å². The van der Waals surface area contributed by atoms with Crippen molar-refractivity contribution in [2.45, 2.75) is 6.92 Å². The number of aryl methyl sites for hydroxylation is 1. The average Bonchev–Trinajstić information content (AvgIpc) is 2.62. The van der Waals surface area contributed by atoms with Crippen LogP contribution in [-0.2, 0) is 14.3 Å². The molecule has 1 heterocycles. The highest BCUT2D eigenvalue weighted by Crippen LogP contribution is 2.09. The maximum absolute atomic E-state index is 11.3. The highest BCUT2D eigenvalue weighted by atomic mass is 32.1. The Kier molecular flexibility index (Phi) is 5.14. The lowest BCUT2D eigenvalue weighted by molar-refractivity contribution is -0.143. The standard InChI is InChI=1S/C8H10N4O5S/c1-4-9-8(18-12-4)11-7(16)10-5(13)2-17-3-6(14)15/h2-3H2,1H3,(H,14,15)(H2,9,10,11,12,13,16). The number of nitrogens with one attached hydrogen (secondary N) is 2. The first-order valence-electron chi connectivity index (χ1n) is 4.68. The quantitative estimate of drug-likeness (QED) is 0.665. The van der Waals surface area contributed by atoms with E-state index in [1.54, 1.807) is 6.92 Å². The number of urea groups is 1. The van der Waals surface area contributed by atoms with E-state index in [-0.39, 0.29) is 5.13 Å². The van der Waals surface area contributed by atoms with Crippen LogP contribution in [0.4, 0.5) is 9.93 Å². The molecule has 10 heteroatoms. The molecular weight excluding hydrogens is 264 g/mol. The lowest BCUT2D eigenvalue weighted by Gasteiger charge is -2.03. The fourth-order valence-corrected chi connectivity index (χ4v) is 1.44. The summed E-state index contributed by atoms with van der Waals surface area (Å²) in [6, 6.07) is -0.782. The minimum atomic E-state index is -1.20. The van der Waals surface area contributed by atoms with Crippen molar-refractivity contribution in [1.82, 2.24) is 14.7 Å². The summed E-state index contributed by atoms with van der Waals surface area (Å²) in [5.41, 5.74) is 0. The molecule has 0 radical (unpaired) electrons. The number of hydrogen-bond acceptors (Lipinski definition) is 7. The predicted octanol–water partition coefficient (Wildman–Crippen LogP) is -0.404. The Morgan fingerprint density at radius 3 is 2.67 bits per heavy atom. The SMILES string of the molecule is Cc1nsc(NC(=O)NC(=O)COCC(=O)O)n1. The monoisotopic (exact) mass is 274 g/mol. The number of ether oxygens (including phenoxy) is 1. The van der Waals surface area contributed by atoms with Crippen LogP contribution in [-0.4, -0.2) is 45.6 Å². The van der Waals surface area contributed by atoms with E-state index in [0.29, 0.717) is 5.82 Å². The lowest BCUT2D eigenvalue weighted by Crippen LogP contribution is -2.37.